The second-order valence-electron chi connectivity index (χ2n) is 5.55. The summed E-state index contributed by atoms with van der Waals surface area (Å²) in [7, 11) is 3.58. The van der Waals surface area contributed by atoms with Gasteiger partial charge in [0.15, 0.2) is 0 Å². The predicted molar refractivity (Wildman–Crippen MR) is 75.5 cm³/mol. The lowest BCUT2D eigenvalue weighted by Gasteiger charge is -2.34. The van der Waals surface area contributed by atoms with Crippen LogP contribution >= 0.6 is 0 Å². The van der Waals surface area contributed by atoms with E-state index < -0.39 is 11.5 Å². The van der Waals surface area contributed by atoms with E-state index in [1.54, 1.807) is 7.11 Å². The monoisotopic (exact) mass is 265 g/mol. The highest BCUT2D eigenvalue weighted by Gasteiger charge is 2.27. The lowest BCUT2D eigenvalue weighted by atomic mass is 9.97. The fourth-order valence-electron chi connectivity index (χ4n) is 2.01. The molecule has 0 saturated carbocycles. The van der Waals surface area contributed by atoms with Crippen molar-refractivity contribution >= 4 is 5.97 Å². The molecule has 0 aromatic heterocycles. The lowest BCUT2D eigenvalue weighted by Crippen LogP contribution is -2.42. The van der Waals surface area contributed by atoms with Crippen LogP contribution in [0.4, 0.5) is 0 Å². The van der Waals surface area contributed by atoms with Gasteiger partial charge in [0, 0.05) is 17.6 Å². The van der Waals surface area contributed by atoms with Gasteiger partial charge in [-0.25, -0.2) is 0 Å². The minimum absolute atomic E-state index is 0.109. The summed E-state index contributed by atoms with van der Waals surface area (Å²) in [6, 6.07) is 6.03. The molecule has 106 valence electrons. The Kier molecular flexibility index (Phi) is 4.95. The number of aliphatic carboxylic acids is 1. The first-order valence-electron chi connectivity index (χ1n) is 6.33. The number of hydrogen-bond donors (Lipinski definition) is 1. The Labute approximate surface area is 115 Å². The van der Waals surface area contributed by atoms with Crippen molar-refractivity contribution in [2.45, 2.75) is 39.3 Å². The number of carboxylic acid groups (broad SMARTS) is 1. The first-order chi connectivity index (χ1) is 8.76. The van der Waals surface area contributed by atoms with E-state index in [2.05, 4.69) is 6.07 Å². The molecular weight excluding hydrogens is 242 g/mol. The minimum Gasteiger partial charge on any atom is -0.496 e. The van der Waals surface area contributed by atoms with Gasteiger partial charge in [0.25, 0.3) is 0 Å². The molecule has 19 heavy (non-hydrogen) atoms. The van der Waals surface area contributed by atoms with Crippen LogP contribution in [-0.2, 0) is 11.3 Å². The molecule has 0 saturated heterocycles. The molecule has 0 fully saturated rings. The Balaban J connectivity index is 2.89. The first kappa shape index (κ1) is 15.5. The molecule has 0 atom stereocenters. The SMILES string of the molecule is COc1ccc(C)cc1CN(C)C(C)(C)CC(=O)O. The van der Waals surface area contributed by atoms with Gasteiger partial charge in [0.2, 0.25) is 0 Å². The standard InChI is InChI=1S/C15H23NO3/c1-11-6-7-13(19-5)12(8-11)10-16(4)15(2,3)9-14(17)18/h6-8H,9-10H2,1-5H3,(H,17,18). The van der Waals surface area contributed by atoms with E-state index in [4.69, 9.17) is 9.84 Å². The number of methoxy groups -OCH3 is 1. The molecule has 4 nitrogen and oxygen atoms in total. The van der Waals surface area contributed by atoms with Crippen molar-refractivity contribution in [3.05, 3.63) is 29.3 Å². The maximum atomic E-state index is 10.9. The van der Waals surface area contributed by atoms with Crippen molar-refractivity contribution in [3.63, 3.8) is 0 Å². The van der Waals surface area contributed by atoms with Crippen LogP contribution < -0.4 is 4.74 Å². The molecule has 0 spiro atoms. The fraction of sp³-hybridized carbons (Fsp3) is 0.533. The molecule has 0 amide bonds. The number of hydrogen-bond acceptors (Lipinski definition) is 3. The van der Waals surface area contributed by atoms with Crippen molar-refractivity contribution in [3.8, 4) is 5.75 Å². The number of rotatable bonds is 6. The third-order valence-electron chi connectivity index (χ3n) is 3.46. The van der Waals surface area contributed by atoms with Crippen molar-refractivity contribution in [2.75, 3.05) is 14.2 Å². The van der Waals surface area contributed by atoms with Gasteiger partial charge in [-0.2, -0.15) is 0 Å². The normalized spacial score (nSPS) is 11.7. The van der Waals surface area contributed by atoms with E-state index in [1.165, 1.54) is 5.56 Å². The van der Waals surface area contributed by atoms with E-state index in [9.17, 15) is 4.79 Å². The minimum atomic E-state index is -0.784. The zero-order chi connectivity index (χ0) is 14.6. The molecule has 1 rings (SSSR count). The summed E-state index contributed by atoms with van der Waals surface area (Å²) in [6.45, 7) is 6.56. The topological polar surface area (TPSA) is 49.8 Å². The maximum Gasteiger partial charge on any atom is 0.305 e. The number of benzene rings is 1. The summed E-state index contributed by atoms with van der Waals surface area (Å²) in [4.78, 5) is 12.9. The largest absolute Gasteiger partial charge is 0.496 e. The highest BCUT2D eigenvalue weighted by Crippen LogP contribution is 2.25. The fourth-order valence-corrected chi connectivity index (χ4v) is 2.01. The van der Waals surface area contributed by atoms with Gasteiger partial charge in [-0.3, -0.25) is 9.69 Å². The van der Waals surface area contributed by atoms with Gasteiger partial charge in [-0.1, -0.05) is 17.7 Å². The zero-order valence-corrected chi connectivity index (χ0v) is 12.4. The zero-order valence-electron chi connectivity index (χ0n) is 12.4. The Bertz CT molecular complexity index is 455. The van der Waals surface area contributed by atoms with E-state index >= 15 is 0 Å². The molecule has 0 aliphatic heterocycles. The highest BCUT2D eigenvalue weighted by atomic mass is 16.5. The van der Waals surface area contributed by atoms with E-state index in [0.717, 1.165) is 11.3 Å². The number of ether oxygens (including phenoxy) is 1. The van der Waals surface area contributed by atoms with Crippen LogP contribution in [0.15, 0.2) is 18.2 Å². The molecule has 1 aromatic carbocycles. The van der Waals surface area contributed by atoms with Crippen LogP contribution in [0, 0.1) is 6.92 Å². The molecular formula is C15H23NO3. The van der Waals surface area contributed by atoms with Crippen LogP contribution in [0.25, 0.3) is 0 Å². The molecule has 0 bridgehead atoms. The van der Waals surface area contributed by atoms with E-state index in [1.807, 2.05) is 44.9 Å². The van der Waals surface area contributed by atoms with Gasteiger partial charge < -0.3 is 9.84 Å². The molecule has 0 heterocycles. The maximum absolute atomic E-state index is 10.9. The van der Waals surface area contributed by atoms with Gasteiger partial charge >= 0.3 is 5.97 Å². The average molecular weight is 265 g/mol. The Morgan fingerprint density at radius 2 is 2.05 bits per heavy atom. The highest BCUT2D eigenvalue weighted by molar-refractivity contribution is 5.68. The summed E-state index contributed by atoms with van der Waals surface area (Å²) in [6.07, 6.45) is 0.109. The van der Waals surface area contributed by atoms with E-state index in [-0.39, 0.29) is 6.42 Å². The predicted octanol–water partition coefficient (Wildman–Crippen LogP) is 2.69. The first-order valence-corrected chi connectivity index (χ1v) is 6.33. The van der Waals surface area contributed by atoms with Gasteiger partial charge in [-0.15, -0.1) is 0 Å². The summed E-state index contributed by atoms with van der Waals surface area (Å²) in [5.74, 6) is 0.0524. The van der Waals surface area contributed by atoms with Crippen molar-refractivity contribution in [2.24, 2.45) is 0 Å². The Morgan fingerprint density at radius 1 is 1.42 bits per heavy atom. The van der Waals surface area contributed by atoms with Gasteiger partial charge in [0.05, 0.1) is 13.5 Å². The summed E-state index contributed by atoms with van der Waals surface area (Å²) < 4.78 is 5.35. The molecule has 0 aliphatic carbocycles. The molecule has 0 radical (unpaired) electrons. The molecule has 0 unspecified atom stereocenters. The van der Waals surface area contributed by atoms with Crippen molar-refractivity contribution in [1.29, 1.82) is 0 Å². The molecule has 1 N–H and O–H groups in total. The number of carbonyl (C=O) groups is 1. The quantitative estimate of drug-likeness (QED) is 0.859. The van der Waals surface area contributed by atoms with Gasteiger partial charge in [-0.05, 0) is 33.9 Å². The van der Waals surface area contributed by atoms with Crippen LogP contribution in [0.3, 0.4) is 0 Å². The summed E-state index contributed by atoms with van der Waals surface area (Å²) in [5.41, 5.74) is 1.84. The summed E-state index contributed by atoms with van der Waals surface area (Å²) in [5, 5.41) is 8.96. The Morgan fingerprint density at radius 3 is 2.58 bits per heavy atom. The molecule has 4 heteroatoms. The van der Waals surface area contributed by atoms with Crippen LogP contribution in [-0.4, -0.2) is 35.7 Å². The number of carboxylic acids is 1. The molecule has 1 aromatic rings. The molecule has 0 aliphatic rings. The van der Waals surface area contributed by atoms with E-state index in [0.29, 0.717) is 6.54 Å². The smallest absolute Gasteiger partial charge is 0.305 e. The van der Waals surface area contributed by atoms with Crippen LogP contribution in [0.5, 0.6) is 5.75 Å². The van der Waals surface area contributed by atoms with Crippen LogP contribution in [0.2, 0.25) is 0 Å². The average Bonchev–Trinajstić information content (AvgIpc) is 2.27. The van der Waals surface area contributed by atoms with Crippen molar-refractivity contribution < 1.29 is 14.6 Å². The van der Waals surface area contributed by atoms with Gasteiger partial charge in [0.1, 0.15) is 5.75 Å². The number of nitrogens with zero attached hydrogens (tertiary/aromatic N) is 1. The third-order valence-corrected chi connectivity index (χ3v) is 3.46. The third kappa shape index (κ3) is 4.24. The Hall–Kier alpha value is -1.55. The lowest BCUT2D eigenvalue weighted by molar-refractivity contribution is -0.139. The number of aryl methyl sites for hydroxylation is 1. The van der Waals surface area contributed by atoms with Crippen LogP contribution in [0.1, 0.15) is 31.4 Å². The summed E-state index contributed by atoms with van der Waals surface area (Å²) >= 11 is 0. The second-order valence-corrected chi connectivity index (χ2v) is 5.55. The second kappa shape index (κ2) is 6.06. The van der Waals surface area contributed by atoms with Crippen molar-refractivity contribution in [1.82, 2.24) is 4.90 Å².